The Hall–Kier alpha value is -3.86. The van der Waals surface area contributed by atoms with Gasteiger partial charge in [0, 0.05) is 11.4 Å². The Balaban J connectivity index is 2.35. The molecular formula is C24H30BN4O6. The zero-order valence-electron chi connectivity index (χ0n) is 21.8. The minimum atomic E-state index is -0.728. The van der Waals surface area contributed by atoms with E-state index in [1.165, 1.54) is 9.13 Å². The Kier molecular flexibility index (Phi) is 7.66. The SMILES string of the molecule is Cc1c(C#N)c(O[B]Oc2c(C#N)c(C)n(C(=O)OC(C)(C)C)c2C)c(C)n1C(=O)OC(C)(C)C. The highest BCUT2D eigenvalue weighted by atomic mass is 16.6. The van der Waals surface area contributed by atoms with Crippen molar-refractivity contribution in [3.63, 3.8) is 0 Å². The van der Waals surface area contributed by atoms with Crippen molar-refractivity contribution >= 4 is 19.9 Å². The highest BCUT2D eigenvalue weighted by Crippen LogP contribution is 2.32. The van der Waals surface area contributed by atoms with Crippen LogP contribution >= 0.6 is 0 Å². The van der Waals surface area contributed by atoms with Gasteiger partial charge in [-0.15, -0.1) is 0 Å². The fourth-order valence-electron chi connectivity index (χ4n) is 3.46. The Morgan fingerprint density at radius 3 is 1.26 bits per heavy atom. The monoisotopic (exact) mass is 481 g/mol. The van der Waals surface area contributed by atoms with Crippen molar-refractivity contribution in [3.05, 3.63) is 33.9 Å². The molecule has 2 aromatic heterocycles. The first-order valence-corrected chi connectivity index (χ1v) is 10.9. The van der Waals surface area contributed by atoms with Gasteiger partial charge in [0.25, 0.3) is 0 Å². The lowest BCUT2D eigenvalue weighted by atomic mass is 10.2. The summed E-state index contributed by atoms with van der Waals surface area (Å²) in [6.07, 6.45) is -1.29. The quantitative estimate of drug-likeness (QED) is 0.568. The number of nitrogens with zero attached hydrogens (tertiary/aromatic N) is 4. The summed E-state index contributed by atoms with van der Waals surface area (Å²) >= 11 is 0. The summed E-state index contributed by atoms with van der Waals surface area (Å²) < 4.78 is 24.6. The van der Waals surface area contributed by atoms with Crippen LogP contribution in [-0.2, 0) is 9.47 Å². The van der Waals surface area contributed by atoms with E-state index in [9.17, 15) is 20.1 Å². The van der Waals surface area contributed by atoms with E-state index in [4.69, 9.17) is 18.8 Å². The zero-order valence-corrected chi connectivity index (χ0v) is 21.8. The number of ether oxygens (including phenoxy) is 2. The molecule has 0 aliphatic heterocycles. The summed E-state index contributed by atoms with van der Waals surface area (Å²) in [6.45, 7) is 16.9. The average Bonchev–Trinajstić information content (AvgIpc) is 3.07. The lowest BCUT2D eigenvalue weighted by molar-refractivity contribution is 0.0519. The average molecular weight is 481 g/mol. The normalized spacial score (nSPS) is 11.3. The predicted molar refractivity (Wildman–Crippen MR) is 128 cm³/mol. The van der Waals surface area contributed by atoms with Gasteiger partial charge in [-0.25, -0.2) is 18.7 Å². The van der Waals surface area contributed by atoms with Crippen molar-refractivity contribution < 1.29 is 28.4 Å². The molecule has 0 amide bonds. The molecule has 0 spiro atoms. The van der Waals surface area contributed by atoms with E-state index in [0.717, 1.165) is 7.69 Å². The second-order valence-electron chi connectivity index (χ2n) is 9.94. The van der Waals surface area contributed by atoms with Crippen molar-refractivity contribution in [2.24, 2.45) is 0 Å². The standard InChI is InChI=1S/C24H30BN4O6/c1-13-17(11-26)19(15(3)28(13)21(30)32-23(5,6)7)34-25-35-20-16(4)29(14(2)18(20)12-27)22(31)33-24(8,9)10/h1-10H3. The maximum absolute atomic E-state index is 12.7. The van der Waals surface area contributed by atoms with Gasteiger partial charge in [-0.3, -0.25) is 0 Å². The van der Waals surface area contributed by atoms with E-state index in [1.54, 1.807) is 69.2 Å². The van der Waals surface area contributed by atoms with Crippen LogP contribution in [0.25, 0.3) is 0 Å². The lowest BCUT2D eigenvalue weighted by Crippen LogP contribution is -2.28. The first kappa shape index (κ1) is 27.4. The lowest BCUT2D eigenvalue weighted by Gasteiger charge is -2.20. The van der Waals surface area contributed by atoms with E-state index in [0.29, 0.717) is 22.8 Å². The van der Waals surface area contributed by atoms with E-state index in [2.05, 4.69) is 0 Å². The largest absolute Gasteiger partial charge is 0.658 e. The number of nitriles is 2. The molecule has 185 valence electrons. The molecule has 1 radical (unpaired) electrons. The Morgan fingerprint density at radius 1 is 0.686 bits per heavy atom. The highest BCUT2D eigenvalue weighted by Gasteiger charge is 2.29. The molecule has 2 aromatic rings. The Labute approximate surface area is 206 Å². The second kappa shape index (κ2) is 9.79. The number of aromatic nitrogens is 2. The number of carbonyl (C=O) groups excluding carboxylic acids is 2. The summed E-state index contributed by atoms with van der Waals surface area (Å²) in [5.74, 6) is 0.214. The van der Waals surface area contributed by atoms with Gasteiger partial charge in [0.2, 0.25) is 0 Å². The number of hydrogen-bond acceptors (Lipinski definition) is 8. The molecular weight excluding hydrogens is 451 g/mol. The first-order valence-electron chi connectivity index (χ1n) is 10.9. The zero-order chi connectivity index (χ0) is 26.9. The molecule has 0 bridgehead atoms. The van der Waals surface area contributed by atoms with Gasteiger partial charge in [0.15, 0.2) is 0 Å². The number of hydrogen-bond donors (Lipinski definition) is 0. The molecule has 0 atom stereocenters. The molecule has 35 heavy (non-hydrogen) atoms. The molecule has 0 saturated carbocycles. The van der Waals surface area contributed by atoms with Crippen molar-refractivity contribution in [1.82, 2.24) is 9.13 Å². The summed E-state index contributed by atoms with van der Waals surface area (Å²) in [5, 5.41) is 19.3. The van der Waals surface area contributed by atoms with Crippen LogP contribution in [0.1, 0.15) is 75.4 Å². The van der Waals surface area contributed by atoms with Crippen molar-refractivity contribution in [3.8, 4) is 23.6 Å². The molecule has 2 rings (SSSR count). The van der Waals surface area contributed by atoms with Crippen LogP contribution in [0, 0.1) is 50.4 Å². The summed E-state index contributed by atoms with van der Waals surface area (Å²) in [4.78, 5) is 25.3. The van der Waals surface area contributed by atoms with Crippen molar-refractivity contribution in [2.75, 3.05) is 0 Å². The smallest absolute Gasteiger partial charge is 0.524 e. The Bertz CT molecular complexity index is 1150. The van der Waals surface area contributed by atoms with Gasteiger partial charge in [-0.2, -0.15) is 10.5 Å². The third kappa shape index (κ3) is 5.80. The van der Waals surface area contributed by atoms with Gasteiger partial charge in [0.1, 0.15) is 46.0 Å². The number of carbonyl (C=O) groups is 2. The third-order valence-electron chi connectivity index (χ3n) is 4.88. The molecule has 11 heteroatoms. The highest BCUT2D eigenvalue weighted by molar-refractivity contribution is 6.21. The topological polar surface area (TPSA) is 128 Å². The van der Waals surface area contributed by atoms with Crippen LogP contribution in [0.15, 0.2) is 0 Å². The van der Waals surface area contributed by atoms with Crippen LogP contribution in [0.4, 0.5) is 9.59 Å². The molecule has 0 aromatic carbocycles. The van der Waals surface area contributed by atoms with Gasteiger partial charge in [-0.05, 0) is 69.2 Å². The Morgan fingerprint density at radius 2 is 1.00 bits per heavy atom. The predicted octanol–water partition coefficient (Wildman–Crippen LogP) is 4.83. The molecule has 0 fully saturated rings. The molecule has 0 aliphatic carbocycles. The maximum Gasteiger partial charge on any atom is 0.658 e. The van der Waals surface area contributed by atoms with Crippen LogP contribution < -0.4 is 9.31 Å². The van der Waals surface area contributed by atoms with Gasteiger partial charge >= 0.3 is 19.9 Å². The minimum Gasteiger partial charge on any atom is -0.524 e. The van der Waals surface area contributed by atoms with E-state index < -0.39 is 23.4 Å². The fourth-order valence-corrected chi connectivity index (χ4v) is 3.46. The summed E-state index contributed by atoms with van der Waals surface area (Å²) in [5.41, 5.74) is 0.190. The molecule has 2 heterocycles. The third-order valence-corrected chi connectivity index (χ3v) is 4.88. The van der Waals surface area contributed by atoms with Crippen LogP contribution in [0.2, 0.25) is 0 Å². The summed E-state index contributed by atoms with van der Waals surface area (Å²) in [7, 11) is 0.949. The molecule has 0 saturated heterocycles. The van der Waals surface area contributed by atoms with E-state index >= 15 is 0 Å². The van der Waals surface area contributed by atoms with Crippen LogP contribution in [-0.4, -0.2) is 40.2 Å². The molecule has 0 N–H and O–H groups in total. The van der Waals surface area contributed by atoms with Crippen molar-refractivity contribution in [2.45, 2.75) is 80.4 Å². The van der Waals surface area contributed by atoms with E-state index in [1.807, 2.05) is 12.1 Å². The van der Waals surface area contributed by atoms with Crippen LogP contribution in [0.5, 0.6) is 11.5 Å². The minimum absolute atomic E-state index is 0.107. The molecule has 10 nitrogen and oxygen atoms in total. The van der Waals surface area contributed by atoms with Gasteiger partial charge in [-0.1, -0.05) is 0 Å². The fraction of sp³-hybridized carbons (Fsp3) is 0.500. The van der Waals surface area contributed by atoms with Gasteiger partial charge in [0.05, 0.1) is 11.4 Å². The van der Waals surface area contributed by atoms with E-state index in [-0.39, 0.29) is 22.6 Å². The maximum atomic E-state index is 12.7. The summed E-state index contributed by atoms with van der Waals surface area (Å²) in [6, 6.07) is 4.06. The second-order valence-corrected chi connectivity index (χ2v) is 9.94. The first-order chi connectivity index (χ1) is 16.0. The van der Waals surface area contributed by atoms with Gasteiger partial charge < -0.3 is 18.8 Å². The molecule has 0 aliphatic rings. The van der Waals surface area contributed by atoms with Crippen LogP contribution in [0.3, 0.4) is 0 Å². The molecule has 0 unspecified atom stereocenters. The van der Waals surface area contributed by atoms with Crippen molar-refractivity contribution in [1.29, 1.82) is 10.5 Å². The number of rotatable bonds is 4.